The zero-order valence-electron chi connectivity index (χ0n) is 11.5. The van der Waals surface area contributed by atoms with Gasteiger partial charge in [-0.2, -0.15) is 0 Å². The Bertz CT molecular complexity index is 261. The molecule has 2 amide bonds. The molecule has 1 aliphatic carbocycles. The van der Waals surface area contributed by atoms with Crippen molar-refractivity contribution in [3.8, 4) is 0 Å². The highest BCUT2D eigenvalue weighted by Crippen LogP contribution is 2.37. The van der Waals surface area contributed by atoms with Gasteiger partial charge in [-0.05, 0) is 26.2 Å². The van der Waals surface area contributed by atoms with Crippen LogP contribution in [0.2, 0.25) is 0 Å². The van der Waals surface area contributed by atoms with Crippen molar-refractivity contribution in [1.82, 2.24) is 10.6 Å². The van der Waals surface area contributed by atoms with Crippen molar-refractivity contribution in [2.75, 3.05) is 26.4 Å². The van der Waals surface area contributed by atoms with Gasteiger partial charge in [-0.1, -0.05) is 13.3 Å². The fourth-order valence-electron chi connectivity index (χ4n) is 2.40. The van der Waals surface area contributed by atoms with E-state index in [9.17, 15) is 9.90 Å². The number of nitrogens with one attached hydrogen (secondary N) is 2. The van der Waals surface area contributed by atoms with Crippen LogP contribution in [-0.2, 0) is 4.74 Å². The maximum Gasteiger partial charge on any atom is 0.315 e. The molecule has 0 aromatic rings. The summed E-state index contributed by atoms with van der Waals surface area (Å²) in [5, 5.41) is 15.2. The predicted octanol–water partition coefficient (Wildman–Crippen LogP) is 1.26. The Balaban J connectivity index is 2.19. The van der Waals surface area contributed by atoms with Crippen LogP contribution in [0.5, 0.6) is 0 Å². The zero-order valence-corrected chi connectivity index (χ0v) is 11.5. The van der Waals surface area contributed by atoms with Crippen LogP contribution in [0.3, 0.4) is 0 Å². The van der Waals surface area contributed by atoms with Crippen molar-refractivity contribution in [3.63, 3.8) is 0 Å². The van der Waals surface area contributed by atoms with E-state index in [0.29, 0.717) is 19.8 Å². The van der Waals surface area contributed by atoms with Gasteiger partial charge in [-0.25, -0.2) is 4.79 Å². The molecule has 0 heterocycles. The SMILES string of the molecule is CCOCCCNC(=O)NC1CCCC1(C)CO. The quantitative estimate of drug-likeness (QED) is 0.602. The van der Waals surface area contributed by atoms with Gasteiger partial charge in [0.15, 0.2) is 0 Å². The molecule has 1 aliphatic rings. The Morgan fingerprint density at radius 3 is 3.00 bits per heavy atom. The van der Waals surface area contributed by atoms with E-state index in [-0.39, 0.29) is 24.1 Å². The van der Waals surface area contributed by atoms with Crippen LogP contribution in [0.1, 0.15) is 39.5 Å². The van der Waals surface area contributed by atoms with Crippen LogP contribution in [0.15, 0.2) is 0 Å². The van der Waals surface area contributed by atoms with Crippen LogP contribution >= 0.6 is 0 Å². The average Bonchev–Trinajstić information content (AvgIpc) is 2.71. The maximum absolute atomic E-state index is 11.7. The summed E-state index contributed by atoms with van der Waals surface area (Å²) in [6.45, 7) is 6.12. The minimum absolute atomic E-state index is 0.0781. The number of rotatable bonds is 7. The first-order chi connectivity index (χ1) is 8.62. The van der Waals surface area contributed by atoms with Crippen molar-refractivity contribution >= 4 is 6.03 Å². The minimum atomic E-state index is -0.164. The molecule has 0 spiro atoms. The lowest BCUT2D eigenvalue weighted by Gasteiger charge is -2.30. The number of ether oxygens (including phenoxy) is 1. The number of hydrogen-bond donors (Lipinski definition) is 3. The van der Waals surface area contributed by atoms with Gasteiger partial charge >= 0.3 is 6.03 Å². The van der Waals surface area contributed by atoms with E-state index >= 15 is 0 Å². The molecule has 0 aromatic heterocycles. The smallest absolute Gasteiger partial charge is 0.315 e. The molecule has 0 bridgehead atoms. The third kappa shape index (κ3) is 4.46. The number of amides is 2. The number of aliphatic hydroxyl groups is 1. The molecule has 1 fully saturated rings. The molecule has 2 atom stereocenters. The van der Waals surface area contributed by atoms with E-state index in [2.05, 4.69) is 10.6 Å². The largest absolute Gasteiger partial charge is 0.396 e. The van der Waals surface area contributed by atoms with Crippen molar-refractivity contribution in [2.45, 2.75) is 45.6 Å². The van der Waals surface area contributed by atoms with Crippen molar-refractivity contribution in [3.05, 3.63) is 0 Å². The van der Waals surface area contributed by atoms with Crippen LogP contribution in [0.25, 0.3) is 0 Å². The third-order valence-electron chi connectivity index (χ3n) is 3.70. The Morgan fingerprint density at radius 1 is 1.56 bits per heavy atom. The number of aliphatic hydroxyl groups excluding tert-OH is 1. The first-order valence-corrected chi connectivity index (χ1v) is 6.85. The number of carbonyl (C=O) groups excluding carboxylic acids is 1. The van der Waals surface area contributed by atoms with Gasteiger partial charge in [0.1, 0.15) is 0 Å². The van der Waals surface area contributed by atoms with Gasteiger partial charge in [0, 0.05) is 31.2 Å². The normalized spacial score (nSPS) is 27.2. The van der Waals surface area contributed by atoms with Gasteiger partial charge in [-0.3, -0.25) is 0 Å². The second-order valence-electron chi connectivity index (χ2n) is 5.21. The fraction of sp³-hybridized carbons (Fsp3) is 0.923. The summed E-state index contributed by atoms with van der Waals surface area (Å²) in [5.41, 5.74) is -0.164. The number of urea groups is 1. The highest BCUT2D eigenvalue weighted by molar-refractivity contribution is 5.74. The summed E-state index contributed by atoms with van der Waals surface area (Å²) < 4.78 is 5.19. The molecule has 0 saturated heterocycles. The lowest BCUT2D eigenvalue weighted by atomic mass is 9.86. The summed E-state index contributed by atoms with van der Waals surface area (Å²) in [4.78, 5) is 11.7. The van der Waals surface area contributed by atoms with Crippen LogP contribution < -0.4 is 10.6 Å². The van der Waals surface area contributed by atoms with Crippen LogP contribution in [0, 0.1) is 5.41 Å². The number of carbonyl (C=O) groups is 1. The van der Waals surface area contributed by atoms with Gasteiger partial charge in [-0.15, -0.1) is 0 Å². The number of hydrogen-bond acceptors (Lipinski definition) is 3. The minimum Gasteiger partial charge on any atom is -0.396 e. The summed E-state index contributed by atoms with van der Waals surface area (Å²) in [6, 6.07) is -0.0625. The predicted molar refractivity (Wildman–Crippen MR) is 70.5 cm³/mol. The Morgan fingerprint density at radius 2 is 2.33 bits per heavy atom. The maximum atomic E-state index is 11.7. The van der Waals surface area contributed by atoms with E-state index in [1.807, 2.05) is 13.8 Å². The molecule has 1 saturated carbocycles. The van der Waals surface area contributed by atoms with Gasteiger partial charge in [0.2, 0.25) is 0 Å². The fourth-order valence-corrected chi connectivity index (χ4v) is 2.40. The van der Waals surface area contributed by atoms with Crippen LogP contribution in [-0.4, -0.2) is 43.5 Å². The van der Waals surface area contributed by atoms with Crippen molar-refractivity contribution in [2.24, 2.45) is 5.41 Å². The third-order valence-corrected chi connectivity index (χ3v) is 3.70. The highest BCUT2D eigenvalue weighted by Gasteiger charge is 2.38. The van der Waals surface area contributed by atoms with E-state index < -0.39 is 0 Å². The van der Waals surface area contributed by atoms with Gasteiger partial charge in [0.05, 0.1) is 6.61 Å². The monoisotopic (exact) mass is 258 g/mol. The molecule has 1 rings (SSSR count). The lowest BCUT2D eigenvalue weighted by molar-refractivity contribution is 0.120. The zero-order chi connectivity index (χ0) is 13.4. The van der Waals surface area contributed by atoms with E-state index in [4.69, 9.17) is 4.74 Å². The Labute approximate surface area is 109 Å². The lowest BCUT2D eigenvalue weighted by Crippen LogP contribution is -2.48. The van der Waals surface area contributed by atoms with Crippen LogP contribution in [0.4, 0.5) is 4.79 Å². The van der Waals surface area contributed by atoms with Gasteiger partial charge < -0.3 is 20.5 Å². The molecule has 0 aliphatic heterocycles. The van der Waals surface area contributed by atoms with Crippen molar-refractivity contribution in [1.29, 1.82) is 0 Å². The molecular formula is C13H26N2O3. The molecule has 3 N–H and O–H groups in total. The Kier molecular flexibility index (Phi) is 6.43. The summed E-state index contributed by atoms with van der Waals surface area (Å²) >= 11 is 0. The van der Waals surface area contributed by atoms with Crippen molar-refractivity contribution < 1.29 is 14.6 Å². The summed E-state index contributed by atoms with van der Waals surface area (Å²) in [7, 11) is 0. The molecule has 0 radical (unpaired) electrons. The topological polar surface area (TPSA) is 70.6 Å². The first kappa shape index (κ1) is 15.2. The molecule has 106 valence electrons. The molecular weight excluding hydrogens is 232 g/mol. The van der Waals surface area contributed by atoms with E-state index in [1.165, 1.54) is 0 Å². The van der Waals surface area contributed by atoms with E-state index in [0.717, 1.165) is 25.7 Å². The van der Waals surface area contributed by atoms with Gasteiger partial charge in [0.25, 0.3) is 0 Å². The molecule has 2 unspecified atom stereocenters. The standard InChI is InChI=1S/C13H26N2O3/c1-3-18-9-5-8-14-12(17)15-11-6-4-7-13(11,2)10-16/h11,16H,3-10H2,1-2H3,(H2,14,15,17). The van der Waals surface area contributed by atoms with E-state index in [1.54, 1.807) is 0 Å². The second kappa shape index (κ2) is 7.59. The average molecular weight is 258 g/mol. The highest BCUT2D eigenvalue weighted by atomic mass is 16.5. The summed E-state index contributed by atoms with van der Waals surface area (Å²) in [6.07, 6.45) is 3.80. The first-order valence-electron chi connectivity index (χ1n) is 6.85. The molecule has 18 heavy (non-hydrogen) atoms. The second-order valence-corrected chi connectivity index (χ2v) is 5.21. The molecule has 5 nitrogen and oxygen atoms in total. The summed E-state index contributed by atoms with van der Waals surface area (Å²) in [5.74, 6) is 0. The Hall–Kier alpha value is -0.810. The molecule has 5 heteroatoms. The molecule has 0 aromatic carbocycles.